The van der Waals surface area contributed by atoms with Crippen LogP contribution in [0.3, 0.4) is 0 Å². The van der Waals surface area contributed by atoms with Gasteiger partial charge in [-0.05, 0) is 19.1 Å². The van der Waals surface area contributed by atoms with Crippen molar-refractivity contribution in [3.8, 4) is 0 Å². The van der Waals surface area contributed by atoms with Gasteiger partial charge in [0, 0.05) is 13.1 Å². The molecule has 2 N–H and O–H groups in total. The first kappa shape index (κ1) is 17.8. The molecule has 7 nitrogen and oxygen atoms in total. The third-order valence-corrected chi connectivity index (χ3v) is 2.87. The van der Waals surface area contributed by atoms with E-state index in [-0.39, 0.29) is 29.7 Å². The Morgan fingerprint density at radius 1 is 1.43 bits per heavy atom. The summed E-state index contributed by atoms with van der Waals surface area (Å²) in [5, 5.41) is 0. The maximum atomic E-state index is 11.4. The summed E-state index contributed by atoms with van der Waals surface area (Å²) in [4.78, 5) is 17.7. The summed E-state index contributed by atoms with van der Waals surface area (Å²) in [5.41, 5.74) is 5.90. The van der Waals surface area contributed by atoms with Crippen molar-refractivity contribution in [2.24, 2.45) is 10.7 Å². The Labute approximate surface area is 140 Å². The number of morpholine rings is 1. The Bertz CT molecular complexity index is 484. The van der Waals surface area contributed by atoms with E-state index in [1.165, 1.54) is 0 Å². The summed E-state index contributed by atoms with van der Waals surface area (Å²) in [6.45, 7) is 5.14. The number of nitrogens with zero attached hydrogens (tertiary/aromatic N) is 2. The number of aliphatic imine (C=N–C) groups is 1. The first-order valence-corrected chi connectivity index (χ1v) is 6.59. The molecule has 0 amide bonds. The maximum Gasteiger partial charge on any atom is 0.374 e. The second-order valence-corrected chi connectivity index (χ2v) is 4.26. The van der Waals surface area contributed by atoms with E-state index < -0.39 is 5.97 Å². The van der Waals surface area contributed by atoms with Crippen LogP contribution in [0.25, 0.3) is 0 Å². The smallest absolute Gasteiger partial charge is 0.374 e. The Hall–Kier alpha value is -1.29. The monoisotopic (exact) mass is 409 g/mol. The molecule has 2 heterocycles. The SMILES string of the molecule is CCOC(=O)c1ccc(CN=C(N)N2CCOCC2)o1.I. The maximum absolute atomic E-state index is 11.4. The van der Waals surface area contributed by atoms with Crippen molar-refractivity contribution in [2.45, 2.75) is 13.5 Å². The average Bonchev–Trinajstić information content (AvgIpc) is 2.95. The lowest BCUT2D eigenvalue weighted by molar-refractivity contribution is 0.0488. The number of carbonyl (C=O) groups is 1. The van der Waals surface area contributed by atoms with Gasteiger partial charge in [0.2, 0.25) is 5.76 Å². The fourth-order valence-electron chi connectivity index (χ4n) is 1.83. The minimum absolute atomic E-state index is 0. The molecule has 0 aliphatic carbocycles. The molecule has 1 fully saturated rings. The van der Waals surface area contributed by atoms with Crippen LogP contribution in [-0.4, -0.2) is 49.7 Å². The van der Waals surface area contributed by atoms with Crippen LogP contribution in [0.4, 0.5) is 0 Å². The van der Waals surface area contributed by atoms with Crippen molar-refractivity contribution in [1.82, 2.24) is 4.90 Å². The number of guanidine groups is 1. The molecule has 1 aliphatic rings. The molecule has 1 aliphatic heterocycles. The summed E-state index contributed by atoms with van der Waals surface area (Å²) in [5.74, 6) is 0.748. The fourth-order valence-corrected chi connectivity index (χ4v) is 1.83. The van der Waals surface area contributed by atoms with E-state index >= 15 is 0 Å². The molecule has 1 aromatic rings. The predicted octanol–water partition coefficient (Wildman–Crippen LogP) is 1.22. The summed E-state index contributed by atoms with van der Waals surface area (Å²) in [6.07, 6.45) is 0. The van der Waals surface area contributed by atoms with Gasteiger partial charge in [-0.15, -0.1) is 24.0 Å². The molecule has 21 heavy (non-hydrogen) atoms. The first-order chi connectivity index (χ1) is 9.70. The van der Waals surface area contributed by atoms with Gasteiger partial charge in [0.25, 0.3) is 0 Å². The van der Waals surface area contributed by atoms with Gasteiger partial charge in [-0.2, -0.15) is 0 Å². The van der Waals surface area contributed by atoms with Gasteiger partial charge in [-0.3, -0.25) is 0 Å². The first-order valence-electron chi connectivity index (χ1n) is 6.59. The summed E-state index contributed by atoms with van der Waals surface area (Å²) >= 11 is 0. The van der Waals surface area contributed by atoms with E-state index in [9.17, 15) is 4.79 Å². The third-order valence-electron chi connectivity index (χ3n) is 2.87. The highest BCUT2D eigenvalue weighted by Crippen LogP contribution is 2.10. The van der Waals surface area contributed by atoms with Gasteiger partial charge < -0.3 is 24.5 Å². The molecule has 1 aromatic heterocycles. The molecular formula is C13H20IN3O4. The van der Waals surface area contributed by atoms with Crippen molar-refractivity contribution in [2.75, 3.05) is 32.9 Å². The van der Waals surface area contributed by atoms with Crippen molar-refractivity contribution in [3.63, 3.8) is 0 Å². The second-order valence-electron chi connectivity index (χ2n) is 4.26. The van der Waals surface area contributed by atoms with Crippen LogP contribution in [0.2, 0.25) is 0 Å². The Morgan fingerprint density at radius 3 is 2.81 bits per heavy atom. The lowest BCUT2D eigenvalue weighted by atomic mass is 10.4. The lowest BCUT2D eigenvalue weighted by Gasteiger charge is -2.27. The largest absolute Gasteiger partial charge is 0.460 e. The van der Waals surface area contributed by atoms with E-state index in [1.807, 2.05) is 4.90 Å². The molecular weight excluding hydrogens is 389 g/mol. The van der Waals surface area contributed by atoms with Gasteiger partial charge in [-0.1, -0.05) is 0 Å². The van der Waals surface area contributed by atoms with Gasteiger partial charge in [0.05, 0.1) is 19.8 Å². The molecule has 0 spiro atoms. The molecule has 8 heteroatoms. The predicted molar refractivity (Wildman–Crippen MR) is 87.8 cm³/mol. The van der Waals surface area contributed by atoms with Crippen LogP contribution in [-0.2, 0) is 16.0 Å². The number of furan rings is 1. The van der Waals surface area contributed by atoms with Gasteiger partial charge in [-0.25, -0.2) is 9.79 Å². The Balaban J connectivity index is 0.00000220. The normalized spacial score (nSPS) is 15.5. The van der Waals surface area contributed by atoms with Gasteiger partial charge >= 0.3 is 5.97 Å². The molecule has 0 aromatic carbocycles. The van der Waals surface area contributed by atoms with E-state index in [0.717, 1.165) is 13.1 Å². The quantitative estimate of drug-likeness (QED) is 0.348. The second kappa shape index (κ2) is 8.88. The minimum atomic E-state index is -0.469. The van der Waals surface area contributed by atoms with Crippen LogP contribution in [0.1, 0.15) is 23.2 Å². The zero-order valence-corrected chi connectivity index (χ0v) is 14.2. The highest BCUT2D eigenvalue weighted by Gasteiger charge is 2.14. The highest BCUT2D eigenvalue weighted by atomic mass is 127. The zero-order valence-electron chi connectivity index (χ0n) is 11.9. The molecule has 1 saturated heterocycles. The number of carbonyl (C=O) groups excluding carboxylic acids is 1. The number of nitrogens with two attached hydrogens (primary N) is 1. The van der Waals surface area contributed by atoms with Crippen LogP contribution >= 0.6 is 24.0 Å². The van der Waals surface area contributed by atoms with E-state index in [1.54, 1.807) is 19.1 Å². The van der Waals surface area contributed by atoms with E-state index in [0.29, 0.717) is 38.1 Å². The molecule has 0 radical (unpaired) electrons. The summed E-state index contributed by atoms with van der Waals surface area (Å²) in [7, 11) is 0. The molecule has 0 atom stereocenters. The van der Waals surface area contributed by atoms with Crippen molar-refractivity contribution < 1.29 is 18.7 Å². The topological polar surface area (TPSA) is 90.3 Å². The Kier molecular flexibility index (Phi) is 7.51. The molecule has 118 valence electrons. The number of ether oxygens (including phenoxy) is 2. The van der Waals surface area contributed by atoms with Crippen LogP contribution in [0.5, 0.6) is 0 Å². The van der Waals surface area contributed by atoms with Crippen LogP contribution in [0.15, 0.2) is 21.5 Å². The van der Waals surface area contributed by atoms with Gasteiger partial charge in [0.1, 0.15) is 12.3 Å². The van der Waals surface area contributed by atoms with E-state index in [2.05, 4.69) is 4.99 Å². The van der Waals surface area contributed by atoms with E-state index in [4.69, 9.17) is 19.6 Å². The average molecular weight is 409 g/mol. The minimum Gasteiger partial charge on any atom is -0.460 e. The molecule has 0 bridgehead atoms. The molecule has 0 saturated carbocycles. The van der Waals surface area contributed by atoms with Gasteiger partial charge in [0.15, 0.2) is 5.96 Å². The fraction of sp³-hybridized carbons (Fsp3) is 0.538. The molecule has 2 rings (SSSR count). The standard InChI is InChI=1S/C13H19N3O4.HI/c1-2-19-12(17)11-4-3-10(20-11)9-15-13(14)16-5-7-18-8-6-16;/h3-4H,2,5-9H2,1H3,(H2,14,15);1H. The molecule has 0 unspecified atom stereocenters. The van der Waals surface area contributed by atoms with Crippen molar-refractivity contribution >= 4 is 35.9 Å². The van der Waals surface area contributed by atoms with Crippen molar-refractivity contribution in [1.29, 1.82) is 0 Å². The number of hydrogen-bond acceptors (Lipinski definition) is 5. The highest BCUT2D eigenvalue weighted by molar-refractivity contribution is 14.0. The summed E-state index contributed by atoms with van der Waals surface area (Å²) < 4.78 is 15.4. The summed E-state index contributed by atoms with van der Waals surface area (Å²) in [6, 6.07) is 3.27. The number of hydrogen-bond donors (Lipinski definition) is 1. The van der Waals surface area contributed by atoms with Crippen LogP contribution in [0, 0.1) is 0 Å². The van der Waals surface area contributed by atoms with Crippen LogP contribution < -0.4 is 5.73 Å². The van der Waals surface area contributed by atoms with Crippen molar-refractivity contribution in [3.05, 3.63) is 23.7 Å². The zero-order chi connectivity index (χ0) is 14.4. The number of rotatable bonds is 4. The lowest BCUT2D eigenvalue weighted by Crippen LogP contribution is -2.44. The number of esters is 1. The Morgan fingerprint density at radius 2 is 2.14 bits per heavy atom. The third kappa shape index (κ3) is 5.20. The number of halogens is 1.